The highest BCUT2D eigenvalue weighted by molar-refractivity contribution is 7.78. The van der Waals surface area contributed by atoms with Gasteiger partial charge in [-0.2, -0.15) is 0 Å². The molecule has 6 heteroatoms. The van der Waals surface area contributed by atoms with Crippen molar-refractivity contribution in [1.82, 2.24) is 0 Å². The van der Waals surface area contributed by atoms with E-state index in [0.717, 1.165) is 11.1 Å². The second-order valence-corrected chi connectivity index (χ2v) is 5.36. The molecular formula is C19H17NO4S. The Morgan fingerprint density at radius 2 is 1.44 bits per heavy atom. The van der Waals surface area contributed by atoms with Crippen molar-refractivity contribution in [1.29, 1.82) is 0 Å². The normalized spacial score (nSPS) is 11.0. The number of rotatable bonds is 8. The number of esters is 2. The Kier molecular flexibility index (Phi) is 7.50. The summed E-state index contributed by atoms with van der Waals surface area (Å²) in [4.78, 5) is 27.8. The third-order valence-electron chi connectivity index (χ3n) is 3.31. The molecule has 1 atom stereocenters. The Morgan fingerprint density at radius 3 is 1.96 bits per heavy atom. The average molecular weight is 355 g/mol. The molecule has 0 unspecified atom stereocenters. The van der Waals surface area contributed by atoms with Gasteiger partial charge in [-0.3, -0.25) is 4.79 Å². The first-order chi connectivity index (χ1) is 12.2. The molecule has 0 aliphatic carbocycles. The number of carbonyl (C=O) groups is 2. The second-order valence-electron chi connectivity index (χ2n) is 5.18. The number of carbonyl (C=O) groups excluding carboxylic acids is 2. The minimum absolute atomic E-state index is 0.0994. The molecule has 25 heavy (non-hydrogen) atoms. The monoisotopic (exact) mass is 355 g/mol. The van der Waals surface area contributed by atoms with Crippen LogP contribution in [0, 0.1) is 0 Å². The summed E-state index contributed by atoms with van der Waals surface area (Å²) in [5.74, 6) is -1.20. The van der Waals surface area contributed by atoms with Gasteiger partial charge < -0.3 is 9.47 Å². The molecule has 0 amide bonds. The molecular weight excluding hydrogens is 338 g/mol. The molecule has 2 aromatic carbocycles. The smallest absolute Gasteiger partial charge is 0.332 e. The van der Waals surface area contributed by atoms with Crippen LogP contribution < -0.4 is 0 Å². The highest BCUT2D eigenvalue weighted by Crippen LogP contribution is 2.08. The number of nitrogens with zero attached hydrogens (tertiary/aromatic N) is 1. The van der Waals surface area contributed by atoms with E-state index in [1.807, 2.05) is 60.7 Å². The summed E-state index contributed by atoms with van der Waals surface area (Å²) >= 11 is 4.54. The van der Waals surface area contributed by atoms with E-state index in [-0.39, 0.29) is 19.6 Å². The van der Waals surface area contributed by atoms with E-state index in [4.69, 9.17) is 9.47 Å². The van der Waals surface area contributed by atoms with Crippen molar-refractivity contribution in [3.05, 3.63) is 71.8 Å². The number of ether oxygens (including phenoxy) is 2. The molecule has 0 aromatic heterocycles. The van der Waals surface area contributed by atoms with Crippen LogP contribution in [0.4, 0.5) is 0 Å². The number of thiocarbonyl (C=S) groups is 1. The highest BCUT2D eigenvalue weighted by Gasteiger charge is 2.23. The molecule has 5 nitrogen and oxygen atoms in total. The van der Waals surface area contributed by atoms with E-state index in [1.54, 1.807) is 0 Å². The zero-order chi connectivity index (χ0) is 17.9. The number of benzene rings is 2. The standard InChI is InChI=1S/C19H17NO4S/c21-18(23-12-15-7-3-1-4-8-15)11-17(20-14-25)19(22)24-13-16-9-5-2-6-10-16/h1-10,17H,11-13H2/t17-/m0/s1. The maximum Gasteiger partial charge on any atom is 0.332 e. The summed E-state index contributed by atoms with van der Waals surface area (Å²) < 4.78 is 10.3. The lowest BCUT2D eigenvalue weighted by atomic mass is 10.2. The molecule has 0 aliphatic heterocycles. The first-order valence-corrected chi connectivity index (χ1v) is 8.07. The Bertz CT molecular complexity index is 743. The van der Waals surface area contributed by atoms with E-state index >= 15 is 0 Å². The van der Waals surface area contributed by atoms with E-state index in [1.165, 1.54) is 0 Å². The third kappa shape index (κ3) is 6.67. The fourth-order valence-corrected chi connectivity index (χ4v) is 2.15. The summed E-state index contributed by atoms with van der Waals surface area (Å²) in [5.41, 5.74) is 1.70. The fourth-order valence-electron chi connectivity index (χ4n) is 2.03. The van der Waals surface area contributed by atoms with Gasteiger partial charge in [0, 0.05) is 0 Å². The molecule has 0 radical (unpaired) electrons. The summed E-state index contributed by atoms with van der Waals surface area (Å²) in [7, 11) is 0. The van der Waals surface area contributed by atoms with Gasteiger partial charge >= 0.3 is 11.9 Å². The van der Waals surface area contributed by atoms with Crippen molar-refractivity contribution in [2.75, 3.05) is 0 Å². The van der Waals surface area contributed by atoms with E-state index in [9.17, 15) is 9.59 Å². The van der Waals surface area contributed by atoms with E-state index in [2.05, 4.69) is 22.4 Å². The molecule has 0 bridgehead atoms. The maximum atomic E-state index is 12.1. The van der Waals surface area contributed by atoms with Crippen molar-refractivity contribution < 1.29 is 19.1 Å². The molecule has 0 spiro atoms. The highest BCUT2D eigenvalue weighted by atomic mass is 32.1. The van der Waals surface area contributed by atoms with Crippen molar-refractivity contribution in [3.63, 3.8) is 0 Å². The van der Waals surface area contributed by atoms with Crippen molar-refractivity contribution in [3.8, 4) is 0 Å². The van der Waals surface area contributed by atoms with Crippen LogP contribution in [0.3, 0.4) is 0 Å². The van der Waals surface area contributed by atoms with Gasteiger partial charge in [-0.05, 0) is 23.3 Å². The van der Waals surface area contributed by atoms with E-state index < -0.39 is 18.0 Å². The number of isothiocyanates is 1. The molecule has 2 aromatic rings. The quantitative estimate of drug-likeness (QED) is 0.413. The Labute approximate surface area is 151 Å². The first-order valence-electron chi connectivity index (χ1n) is 7.66. The van der Waals surface area contributed by atoms with Crippen LogP contribution in [0.1, 0.15) is 17.5 Å². The van der Waals surface area contributed by atoms with Crippen LogP contribution in [-0.2, 0) is 32.3 Å². The molecule has 0 aliphatic rings. The second kappa shape index (κ2) is 10.1. The predicted molar refractivity (Wildman–Crippen MR) is 95.9 cm³/mol. The van der Waals surface area contributed by atoms with Gasteiger partial charge in [0.05, 0.1) is 11.6 Å². The molecule has 128 valence electrons. The van der Waals surface area contributed by atoms with Crippen molar-refractivity contribution in [2.45, 2.75) is 25.7 Å². The average Bonchev–Trinajstić information content (AvgIpc) is 2.66. The van der Waals surface area contributed by atoms with Gasteiger partial charge in [-0.25, -0.2) is 9.79 Å². The van der Waals surface area contributed by atoms with Crippen molar-refractivity contribution in [2.24, 2.45) is 4.99 Å². The lowest BCUT2D eigenvalue weighted by Gasteiger charge is -2.11. The zero-order valence-electron chi connectivity index (χ0n) is 13.5. The largest absolute Gasteiger partial charge is 0.461 e. The lowest BCUT2D eigenvalue weighted by Crippen LogP contribution is -2.25. The van der Waals surface area contributed by atoms with Crippen LogP contribution in [0.2, 0.25) is 0 Å². The Morgan fingerprint density at radius 1 is 0.920 bits per heavy atom. The fraction of sp³-hybridized carbons (Fsp3) is 0.211. The minimum Gasteiger partial charge on any atom is -0.461 e. The Balaban J connectivity index is 1.85. The number of aliphatic imine (C=N–C) groups is 1. The molecule has 0 saturated carbocycles. The third-order valence-corrected chi connectivity index (χ3v) is 3.41. The molecule has 2 rings (SSSR count). The van der Waals surface area contributed by atoms with Gasteiger partial charge in [0.2, 0.25) is 0 Å². The zero-order valence-corrected chi connectivity index (χ0v) is 14.3. The number of hydrogen-bond donors (Lipinski definition) is 0. The van der Waals surface area contributed by atoms with E-state index in [0.29, 0.717) is 0 Å². The Hall–Kier alpha value is -2.82. The van der Waals surface area contributed by atoms with Gasteiger partial charge in [-0.1, -0.05) is 60.7 Å². The first kappa shape index (κ1) is 18.5. The molecule has 0 heterocycles. The van der Waals surface area contributed by atoms with Gasteiger partial charge in [0.15, 0.2) is 6.04 Å². The van der Waals surface area contributed by atoms with Gasteiger partial charge in [0.1, 0.15) is 13.2 Å². The predicted octanol–water partition coefficient (Wildman–Crippen LogP) is 3.33. The van der Waals surface area contributed by atoms with Crippen LogP contribution in [-0.4, -0.2) is 23.1 Å². The van der Waals surface area contributed by atoms with Crippen LogP contribution in [0.25, 0.3) is 0 Å². The summed E-state index contributed by atoms with van der Waals surface area (Å²) in [5, 5.41) is 2.13. The van der Waals surface area contributed by atoms with Crippen molar-refractivity contribution >= 4 is 29.3 Å². The molecule has 0 N–H and O–H groups in total. The number of hydrogen-bond acceptors (Lipinski definition) is 6. The van der Waals surface area contributed by atoms with Gasteiger partial charge in [0.25, 0.3) is 0 Å². The molecule has 0 saturated heterocycles. The minimum atomic E-state index is -1.05. The lowest BCUT2D eigenvalue weighted by molar-refractivity contribution is -0.153. The van der Waals surface area contributed by atoms with Crippen LogP contribution in [0.5, 0.6) is 0 Å². The van der Waals surface area contributed by atoms with Crippen LogP contribution >= 0.6 is 12.2 Å². The summed E-state index contributed by atoms with van der Waals surface area (Å²) in [6.07, 6.45) is -0.246. The maximum absolute atomic E-state index is 12.1. The molecule has 0 fully saturated rings. The van der Waals surface area contributed by atoms with Gasteiger partial charge in [-0.15, -0.1) is 0 Å². The summed E-state index contributed by atoms with van der Waals surface area (Å²) in [6.45, 7) is 0.231. The summed E-state index contributed by atoms with van der Waals surface area (Å²) in [6, 6.07) is 17.4. The SMILES string of the molecule is O=C(C[C@H](N=C=S)C(=O)OCc1ccccc1)OCc1ccccc1. The van der Waals surface area contributed by atoms with Crippen LogP contribution in [0.15, 0.2) is 65.7 Å². The topological polar surface area (TPSA) is 65.0 Å².